The average molecular weight is 222 g/mol. The summed E-state index contributed by atoms with van der Waals surface area (Å²) >= 11 is 0. The van der Waals surface area contributed by atoms with Crippen molar-refractivity contribution < 1.29 is 14.6 Å². The van der Waals surface area contributed by atoms with Gasteiger partial charge in [0.25, 0.3) is 0 Å². The summed E-state index contributed by atoms with van der Waals surface area (Å²) in [6.07, 6.45) is 2.53. The lowest BCUT2D eigenvalue weighted by molar-refractivity contribution is -0.137. The summed E-state index contributed by atoms with van der Waals surface area (Å²) in [5, 5.41) is 8.76. The molecule has 0 bridgehead atoms. The van der Waals surface area contributed by atoms with Gasteiger partial charge < -0.3 is 15.6 Å². The van der Waals surface area contributed by atoms with Gasteiger partial charge in [0.05, 0.1) is 19.2 Å². The lowest BCUT2D eigenvalue weighted by Gasteiger charge is -2.12. The first-order valence-corrected chi connectivity index (χ1v) is 5.24. The van der Waals surface area contributed by atoms with Gasteiger partial charge in [0.2, 0.25) is 0 Å². The van der Waals surface area contributed by atoms with Crippen LogP contribution < -0.4 is 10.5 Å². The Balaban J connectivity index is 2.21. The zero-order chi connectivity index (χ0) is 11.5. The van der Waals surface area contributed by atoms with Gasteiger partial charge in [-0.2, -0.15) is 0 Å². The number of carboxylic acids is 1. The summed E-state index contributed by atoms with van der Waals surface area (Å²) in [6, 6.07) is 1.91. The minimum atomic E-state index is -0.853. The highest BCUT2D eigenvalue weighted by Crippen LogP contribution is 2.27. The molecule has 0 spiro atoms. The van der Waals surface area contributed by atoms with E-state index in [1.807, 2.05) is 6.07 Å². The lowest BCUT2D eigenvalue weighted by Crippen LogP contribution is -2.17. The first kappa shape index (κ1) is 10.9. The van der Waals surface area contributed by atoms with E-state index in [9.17, 15) is 4.79 Å². The fourth-order valence-corrected chi connectivity index (χ4v) is 1.84. The van der Waals surface area contributed by atoms with Gasteiger partial charge in [-0.25, -0.2) is 0 Å². The standard InChI is InChI=1S/C11H14N2O3/c12-5-8(4-11(14)15)9-3-7-1-2-16-10(7)6-13-9/h3,6,8H,1-2,4-5,12H2,(H,14,15). The molecule has 5 nitrogen and oxygen atoms in total. The number of hydrogen-bond donors (Lipinski definition) is 2. The van der Waals surface area contributed by atoms with Crippen LogP contribution in [0.4, 0.5) is 0 Å². The van der Waals surface area contributed by atoms with Gasteiger partial charge in [-0.15, -0.1) is 0 Å². The maximum atomic E-state index is 10.7. The second-order valence-corrected chi connectivity index (χ2v) is 3.85. The number of aromatic nitrogens is 1. The molecular weight excluding hydrogens is 208 g/mol. The predicted octanol–water partition coefficient (Wildman–Crippen LogP) is 0.533. The van der Waals surface area contributed by atoms with E-state index in [1.54, 1.807) is 6.20 Å². The number of nitrogens with two attached hydrogens (primary N) is 1. The molecule has 5 heteroatoms. The van der Waals surface area contributed by atoms with Crippen molar-refractivity contribution in [2.45, 2.75) is 18.8 Å². The summed E-state index contributed by atoms with van der Waals surface area (Å²) in [6.45, 7) is 0.964. The SMILES string of the molecule is NCC(CC(=O)O)c1cc2c(cn1)OCC2. The Labute approximate surface area is 93.2 Å². The van der Waals surface area contributed by atoms with Gasteiger partial charge in [0.1, 0.15) is 5.75 Å². The van der Waals surface area contributed by atoms with Crippen molar-refractivity contribution in [3.05, 3.63) is 23.5 Å². The normalized spacial score (nSPS) is 15.3. The number of hydrogen-bond acceptors (Lipinski definition) is 4. The van der Waals surface area contributed by atoms with Gasteiger partial charge in [0, 0.05) is 30.1 Å². The molecule has 0 aliphatic carbocycles. The van der Waals surface area contributed by atoms with Gasteiger partial charge >= 0.3 is 5.97 Å². The fraction of sp³-hybridized carbons (Fsp3) is 0.455. The summed E-state index contributed by atoms with van der Waals surface area (Å²) < 4.78 is 5.34. The van der Waals surface area contributed by atoms with Crippen molar-refractivity contribution in [2.75, 3.05) is 13.2 Å². The molecule has 0 fully saturated rings. The predicted molar refractivity (Wildman–Crippen MR) is 57.5 cm³/mol. The molecule has 0 saturated heterocycles. The number of pyridine rings is 1. The van der Waals surface area contributed by atoms with Crippen molar-refractivity contribution in [2.24, 2.45) is 5.73 Å². The molecule has 1 aromatic rings. The summed E-state index contributed by atoms with van der Waals surface area (Å²) in [5.74, 6) is -0.271. The molecule has 1 aromatic heterocycles. The summed E-state index contributed by atoms with van der Waals surface area (Å²) in [7, 11) is 0. The molecule has 86 valence electrons. The number of fused-ring (bicyclic) bond motifs is 1. The van der Waals surface area contributed by atoms with Crippen molar-refractivity contribution in [1.29, 1.82) is 0 Å². The monoisotopic (exact) mass is 222 g/mol. The van der Waals surface area contributed by atoms with E-state index in [0.29, 0.717) is 13.2 Å². The van der Waals surface area contributed by atoms with Crippen LogP contribution in [0.25, 0.3) is 0 Å². The third-order valence-corrected chi connectivity index (χ3v) is 2.72. The van der Waals surface area contributed by atoms with E-state index in [0.717, 1.165) is 23.4 Å². The molecule has 0 aromatic carbocycles. The zero-order valence-corrected chi connectivity index (χ0v) is 8.85. The van der Waals surface area contributed by atoms with E-state index < -0.39 is 5.97 Å². The average Bonchev–Trinajstić information content (AvgIpc) is 2.72. The molecule has 2 heterocycles. The number of rotatable bonds is 4. The van der Waals surface area contributed by atoms with Crippen molar-refractivity contribution in [3.8, 4) is 5.75 Å². The molecule has 1 aliphatic heterocycles. The lowest BCUT2D eigenvalue weighted by atomic mass is 9.99. The highest BCUT2D eigenvalue weighted by Gasteiger charge is 2.19. The highest BCUT2D eigenvalue weighted by atomic mass is 16.5. The van der Waals surface area contributed by atoms with E-state index in [-0.39, 0.29) is 12.3 Å². The topological polar surface area (TPSA) is 85.4 Å². The van der Waals surface area contributed by atoms with Crippen LogP contribution in [0.2, 0.25) is 0 Å². The third-order valence-electron chi connectivity index (χ3n) is 2.72. The Morgan fingerprint density at radius 2 is 2.50 bits per heavy atom. The second-order valence-electron chi connectivity index (χ2n) is 3.85. The van der Waals surface area contributed by atoms with Crippen LogP contribution in [0.3, 0.4) is 0 Å². The van der Waals surface area contributed by atoms with Gasteiger partial charge in [-0.3, -0.25) is 9.78 Å². The van der Waals surface area contributed by atoms with Gasteiger partial charge in [0.15, 0.2) is 0 Å². The number of carboxylic acid groups (broad SMARTS) is 1. The van der Waals surface area contributed by atoms with Crippen LogP contribution in [-0.2, 0) is 11.2 Å². The Morgan fingerprint density at radius 1 is 1.69 bits per heavy atom. The molecule has 1 unspecified atom stereocenters. The maximum absolute atomic E-state index is 10.7. The molecule has 0 radical (unpaired) electrons. The Morgan fingerprint density at radius 3 is 3.19 bits per heavy atom. The number of aliphatic carboxylic acids is 1. The highest BCUT2D eigenvalue weighted by molar-refractivity contribution is 5.68. The van der Waals surface area contributed by atoms with Crippen LogP contribution in [0.1, 0.15) is 23.6 Å². The minimum absolute atomic E-state index is 0.0170. The largest absolute Gasteiger partial charge is 0.491 e. The van der Waals surface area contributed by atoms with Crippen molar-refractivity contribution in [1.82, 2.24) is 4.98 Å². The van der Waals surface area contributed by atoms with Gasteiger partial charge in [-0.05, 0) is 6.07 Å². The molecule has 0 amide bonds. The van der Waals surface area contributed by atoms with Crippen molar-refractivity contribution in [3.63, 3.8) is 0 Å². The van der Waals surface area contributed by atoms with Crippen LogP contribution >= 0.6 is 0 Å². The smallest absolute Gasteiger partial charge is 0.304 e. The molecule has 3 N–H and O–H groups in total. The van der Waals surface area contributed by atoms with E-state index >= 15 is 0 Å². The quantitative estimate of drug-likeness (QED) is 0.776. The zero-order valence-electron chi connectivity index (χ0n) is 8.85. The Kier molecular flexibility index (Phi) is 3.05. The summed E-state index contributed by atoms with van der Waals surface area (Å²) in [4.78, 5) is 14.9. The Hall–Kier alpha value is -1.62. The van der Waals surface area contributed by atoms with E-state index in [1.165, 1.54) is 0 Å². The second kappa shape index (κ2) is 4.49. The molecule has 0 saturated carbocycles. The van der Waals surface area contributed by atoms with Crippen LogP contribution in [0, 0.1) is 0 Å². The van der Waals surface area contributed by atoms with Crippen LogP contribution in [0.5, 0.6) is 5.75 Å². The molecule has 1 atom stereocenters. The minimum Gasteiger partial charge on any atom is -0.491 e. The molecule has 16 heavy (non-hydrogen) atoms. The van der Waals surface area contributed by atoms with Crippen LogP contribution in [-0.4, -0.2) is 29.2 Å². The van der Waals surface area contributed by atoms with E-state index in [4.69, 9.17) is 15.6 Å². The van der Waals surface area contributed by atoms with Crippen LogP contribution in [0.15, 0.2) is 12.3 Å². The number of ether oxygens (including phenoxy) is 1. The Bertz CT molecular complexity index is 406. The molecular formula is C11H14N2O3. The first-order valence-electron chi connectivity index (χ1n) is 5.24. The molecule has 2 rings (SSSR count). The van der Waals surface area contributed by atoms with Gasteiger partial charge in [-0.1, -0.05) is 0 Å². The van der Waals surface area contributed by atoms with Crippen molar-refractivity contribution >= 4 is 5.97 Å². The maximum Gasteiger partial charge on any atom is 0.304 e. The fourth-order valence-electron chi connectivity index (χ4n) is 1.84. The summed E-state index contributed by atoms with van der Waals surface area (Å²) in [5.41, 5.74) is 7.40. The first-order chi connectivity index (χ1) is 7.70. The number of carbonyl (C=O) groups is 1. The third kappa shape index (κ3) is 2.14. The van der Waals surface area contributed by atoms with E-state index in [2.05, 4.69) is 4.98 Å². The number of nitrogens with zero attached hydrogens (tertiary/aromatic N) is 1. The molecule has 1 aliphatic rings.